The largest absolute Gasteiger partial charge is 0.453 e. The van der Waals surface area contributed by atoms with Crippen molar-refractivity contribution in [3.8, 4) is 6.01 Å². The van der Waals surface area contributed by atoms with Gasteiger partial charge in [-0.15, -0.1) is 5.10 Å². The number of hydrogen-bond donors (Lipinski definition) is 1. The summed E-state index contributed by atoms with van der Waals surface area (Å²) in [6, 6.07) is 11.4. The Hall–Kier alpha value is -2.96. The highest BCUT2D eigenvalue weighted by Crippen LogP contribution is 2.13. The number of aromatic nitrogens is 3. The number of nitrogens with one attached hydrogen (secondary N) is 1. The molecule has 6 nitrogen and oxygen atoms in total. The topological polar surface area (TPSA) is 68.5 Å². The van der Waals surface area contributed by atoms with E-state index in [0.29, 0.717) is 5.65 Å². The number of ether oxygens (including phenoxy) is 1. The minimum absolute atomic E-state index is 0.179. The molecule has 1 aromatic carbocycles. The first-order valence-corrected chi connectivity index (χ1v) is 7.11. The van der Waals surface area contributed by atoms with Gasteiger partial charge >= 0.3 is 6.01 Å². The van der Waals surface area contributed by atoms with E-state index in [1.54, 1.807) is 28.8 Å². The zero-order chi connectivity index (χ0) is 16.2. The first-order valence-electron chi connectivity index (χ1n) is 7.11. The van der Waals surface area contributed by atoms with Gasteiger partial charge in [-0.3, -0.25) is 9.20 Å². The van der Waals surface area contributed by atoms with E-state index in [9.17, 15) is 9.18 Å². The summed E-state index contributed by atoms with van der Waals surface area (Å²) in [5, 5.41) is 10.6. The average molecular weight is 314 g/mol. The fraction of sp³-hybridized carbons (Fsp3) is 0.188. The van der Waals surface area contributed by atoms with Crippen molar-refractivity contribution >= 4 is 11.6 Å². The van der Waals surface area contributed by atoms with Crippen molar-refractivity contribution in [2.45, 2.75) is 13.0 Å². The molecule has 0 saturated carbocycles. The molecule has 0 radical (unpaired) electrons. The molecule has 0 aliphatic heterocycles. The molecular weight excluding hydrogens is 299 g/mol. The van der Waals surface area contributed by atoms with Gasteiger partial charge in [-0.05, 0) is 36.8 Å². The zero-order valence-electron chi connectivity index (χ0n) is 12.4. The van der Waals surface area contributed by atoms with Crippen molar-refractivity contribution in [1.82, 2.24) is 19.9 Å². The van der Waals surface area contributed by atoms with Crippen LogP contribution >= 0.6 is 0 Å². The average Bonchev–Trinajstić information content (AvgIpc) is 2.97. The number of carbonyl (C=O) groups excluding carboxylic acids is 1. The number of nitrogens with zero attached hydrogens (tertiary/aromatic N) is 3. The number of hydrogen-bond acceptors (Lipinski definition) is 4. The Morgan fingerprint density at radius 3 is 2.83 bits per heavy atom. The molecule has 0 fully saturated rings. The Morgan fingerprint density at radius 1 is 1.26 bits per heavy atom. The lowest BCUT2D eigenvalue weighted by atomic mass is 10.1. The number of amides is 1. The lowest BCUT2D eigenvalue weighted by Gasteiger charge is -2.14. The van der Waals surface area contributed by atoms with Gasteiger partial charge in [0.25, 0.3) is 5.91 Å². The molecule has 1 N–H and O–H groups in total. The molecule has 0 aliphatic carbocycles. The molecule has 2 heterocycles. The summed E-state index contributed by atoms with van der Waals surface area (Å²) < 4.78 is 19.9. The van der Waals surface area contributed by atoms with Gasteiger partial charge < -0.3 is 10.1 Å². The fourth-order valence-electron chi connectivity index (χ4n) is 2.17. The van der Waals surface area contributed by atoms with E-state index in [-0.39, 0.29) is 30.4 Å². The van der Waals surface area contributed by atoms with Crippen molar-refractivity contribution in [2.75, 3.05) is 6.61 Å². The summed E-state index contributed by atoms with van der Waals surface area (Å²) in [6.07, 6.45) is 1.75. The number of pyridine rings is 1. The third-order valence-corrected chi connectivity index (χ3v) is 3.36. The summed E-state index contributed by atoms with van der Waals surface area (Å²) in [7, 11) is 0. The van der Waals surface area contributed by atoms with E-state index in [4.69, 9.17) is 4.74 Å². The minimum atomic E-state index is -0.311. The third kappa shape index (κ3) is 3.45. The Kier molecular flexibility index (Phi) is 4.18. The van der Waals surface area contributed by atoms with Gasteiger partial charge in [-0.25, -0.2) is 4.39 Å². The van der Waals surface area contributed by atoms with E-state index in [1.807, 2.05) is 19.1 Å². The van der Waals surface area contributed by atoms with Gasteiger partial charge in [0.1, 0.15) is 5.82 Å². The molecule has 0 saturated heterocycles. The number of rotatable bonds is 5. The van der Waals surface area contributed by atoms with Crippen LogP contribution in [-0.4, -0.2) is 27.1 Å². The highest BCUT2D eigenvalue weighted by molar-refractivity contribution is 5.77. The Morgan fingerprint density at radius 2 is 2.04 bits per heavy atom. The number of carbonyl (C=O) groups is 1. The molecule has 0 bridgehead atoms. The predicted octanol–water partition coefficient (Wildman–Crippen LogP) is 2.12. The van der Waals surface area contributed by atoms with E-state index in [0.717, 1.165) is 5.56 Å². The SMILES string of the molecule is C[C@H](NC(=O)COc1nnc2ccccn12)c1ccc(F)cc1. The lowest BCUT2D eigenvalue weighted by Crippen LogP contribution is -2.31. The molecule has 118 valence electrons. The van der Waals surface area contributed by atoms with Crippen molar-refractivity contribution < 1.29 is 13.9 Å². The van der Waals surface area contributed by atoms with E-state index < -0.39 is 0 Å². The Balaban J connectivity index is 1.58. The Labute approximate surface area is 131 Å². The van der Waals surface area contributed by atoms with Gasteiger partial charge in [-0.2, -0.15) is 0 Å². The molecule has 23 heavy (non-hydrogen) atoms. The van der Waals surface area contributed by atoms with Crippen molar-refractivity contribution in [2.24, 2.45) is 0 Å². The van der Waals surface area contributed by atoms with Crippen LogP contribution < -0.4 is 10.1 Å². The van der Waals surface area contributed by atoms with Gasteiger partial charge in [0.05, 0.1) is 6.04 Å². The Bertz CT molecular complexity index is 816. The number of halogens is 1. The van der Waals surface area contributed by atoms with Crippen LogP contribution in [0.4, 0.5) is 4.39 Å². The minimum Gasteiger partial charge on any atom is -0.453 e. The molecule has 1 atom stereocenters. The first-order chi connectivity index (χ1) is 11.1. The predicted molar refractivity (Wildman–Crippen MR) is 81.4 cm³/mol. The van der Waals surface area contributed by atoms with Crippen LogP contribution in [0.3, 0.4) is 0 Å². The van der Waals surface area contributed by atoms with Crippen LogP contribution in [0.2, 0.25) is 0 Å². The van der Waals surface area contributed by atoms with Gasteiger partial charge in [-0.1, -0.05) is 23.3 Å². The zero-order valence-corrected chi connectivity index (χ0v) is 12.4. The highest BCUT2D eigenvalue weighted by Gasteiger charge is 2.12. The molecule has 0 spiro atoms. The summed E-state index contributed by atoms with van der Waals surface area (Å²) in [4.78, 5) is 12.0. The monoisotopic (exact) mass is 314 g/mol. The number of benzene rings is 1. The number of fused-ring (bicyclic) bond motifs is 1. The quantitative estimate of drug-likeness (QED) is 0.783. The first kappa shape index (κ1) is 15.0. The molecule has 0 aliphatic rings. The highest BCUT2D eigenvalue weighted by atomic mass is 19.1. The van der Waals surface area contributed by atoms with Gasteiger partial charge in [0, 0.05) is 6.20 Å². The van der Waals surface area contributed by atoms with Crippen LogP contribution in [0.5, 0.6) is 6.01 Å². The summed E-state index contributed by atoms with van der Waals surface area (Å²) >= 11 is 0. The summed E-state index contributed by atoms with van der Waals surface area (Å²) in [5.74, 6) is -0.608. The lowest BCUT2D eigenvalue weighted by molar-refractivity contribution is -0.123. The summed E-state index contributed by atoms with van der Waals surface area (Å²) in [5.41, 5.74) is 1.45. The van der Waals surface area contributed by atoms with Gasteiger partial charge in [0.15, 0.2) is 12.3 Å². The molecule has 3 aromatic rings. The normalized spacial score (nSPS) is 12.1. The van der Waals surface area contributed by atoms with Crippen LogP contribution in [-0.2, 0) is 4.79 Å². The molecule has 1 amide bonds. The van der Waals surface area contributed by atoms with E-state index >= 15 is 0 Å². The van der Waals surface area contributed by atoms with Crippen molar-refractivity contribution in [1.29, 1.82) is 0 Å². The van der Waals surface area contributed by atoms with Crippen LogP contribution in [0, 0.1) is 5.82 Å². The standard InChI is InChI=1S/C16H15FN4O2/c1-11(12-5-7-13(17)8-6-12)18-15(22)10-23-16-20-19-14-4-2-3-9-21(14)16/h2-9,11H,10H2,1H3,(H,18,22)/t11-/m0/s1. The van der Waals surface area contributed by atoms with Crippen LogP contribution in [0.25, 0.3) is 5.65 Å². The summed E-state index contributed by atoms with van der Waals surface area (Å²) in [6.45, 7) is 1.64. The second-order valence-electron chi connectivity index (χ2n) is 5.04. The molecular formula is C16H15FN4O2. The van der Waals surface area contributed by atoms with Crippen LogP contribution in [0.1, 0.15) is 18.5 Å². The maximum absolute atomic E-state index is 12.9. The van der Waals surface area contributed by atoms with Crippen molar-refractivity contribution in [3.05, 3.63) is 60.0 Å². The second kappa shape index (κ2) is 6.43. The smallest absolute Gasteiger partial charge is 0.322 e. The third-order valence-electron chi connectivity index (χ3n) is 3.36. The maximum Gasteiger partial charge on any atom is 0.322 e. The molecule has 2 aromatic heterocycles. The van der Waals surface area contributed by atoms with E-state index in [1.165, 1.54) is 12.1 Å². The molecule has 3 rings (SSSR count). The second-order valence-corrected chi connectivity index (χ2v) is 5.04. The van der Waals surface area contributed by atoms with Gasteiger partial charge in [0.2, 0.25) is 0 Å². The van der Waals surface area contributed by atoms with Crippen LogP contribution in [0.15, 0.2) is 48.7 Å². The maximum atomic E-state index is 12.9. The fourth-order valence-corrected chi connectivity index (χ4v) is 2.17. The van der Waals surface area contributed by atoms with Crippen molar-refractivity contribution in [3.63, 3.8) is 0 Å². The molecule has 0 unspecified atom stereocenters. The molecule has 7 heteroatoms. The van der Waals surface area contributed by atoms with E-state index in [2.05, 4.69) is 15.5 Å².